The van der Waals surface area contributed by atoms with Crippen molar-refractivity contribution in [3.8, 4) is 0 Å². The van der Waals surface area contributed by atoms with Gasteiger partial charge in [0.05, 0.1) is 0 Å². The van der Waals surface area contributed by atoms with Crippen LogP contribution in [0.2, 0.25) is 0 Å². The van der Waals surface area contributed by atoms with Crippen molar-refractivity contribution in [1.82, 2.24) is 0 Å². The first-order valence-corrected chi connectivity index (χ1v) is 4.57. The Morgan fingerprint density at radius 3 is 2.38 bits per heavy atom. The van der Waals surface area contributed by atoms with E-state index >= 15 is 0 Å². The molecular weight excluding hydrogens is 162 g/mol. The lowest BCUT2D eigenvalue weighted by atomic mass is 10.2. The maximum atomic E-state index is 4.94. The largest absolute Gasteiger partial charge is 0.391 e. The van der Waals surface area contributed by atoms with E-state index in [-0.39, 0.29) is 0 Å². The Balaban J connectivity index is 0.000000671. The van der Waals surface area contributed by atoms with Gasteiger partial charge in [-0.05, 0) is 12.5 Å². The summed E-state index contributed by atoms with van der Waals surface area (Å²) in [4.78, 5) is 4.94. The summed E-state index contributed by atoms with van der Waals surface area (Å²) in [5.74, 6) is 0. The molecular formula is C11H17NO. The SMILES string of the molecule is C/C=N/OCc1ccccc1.CC. The maximum absolute atomic E-state index is 4.94. The standard InChI is InChI=1S/C9H11NO.C2H6/c1-2-10-11-8-9-6-4-3-5-7-9;1-2/h2-7H,8H2,1H3;1-2H3/b10-2+;. The predicted octanol–water partition coefficient (Wildman–Crippen LogP) is 3.24. The van der Waals surface area contributed by atoms with E-state index in [1.165, 1.54) is 0 Å². The van der Waals surface area contributed by atoms with Crippen LogP contribution in [0, 0.1) is 0 Å². The topological polar surface area (TPSA) is 21.6 Å². The van der Waals surface area contributed by atoms with Crippen molar-refractivity contribution >= 4 is 6.21 Å². The van der Waals surface area contributed by atoms with Crippen LogP contribution in [0.15, 0.2) is 35.5 Å². The second-order valence-corrected chi connectivity index (χ2v) is 2.12. The Bertz CT molecular complexity index is 219. The minimum absolute atomic E-state index is 0.547. The van der Waals surface area contributed by atoms with Gasteiger partial charge in [0.1, 0.15) is 6.61 Å². The fourth-order valence-electron chi connectivity index (χ4n) is 0.761. The molecule has 0 saturated carbocycles. The van der Waals surface area contributed by atoms with Crippen molar-refractivity contribution in [2.75, 3.05) is 0 Å². The van der Waals surface area contributed by atoms with Gasteiger partial charge in [-0.1, -0.05) is 49.3 Å². The molecule has 1 aromatic carbocycles. The lowest BCUT2D eigenvalue weighted by molar-refractivity contribution is 0.132. The smallest absolute Gasteiger partial charge is 0.142 e. The van der Waals surface area contributed by atoms with Crippen LogP contribution in [0.5, 0.6) is 0 Å². The molecule has 0 atom stereocenters. The first kappa shape index (κ1) is 11.7. The van der Waals surface area contributed by atoms with Gasteiger partial charge in [-0.3, -0.25) is 0 Å². The van der Waals surface area contributed by atoms with Crippen molar-refractivity contribution < 1.29 is 4.84 Å². The summed E-state index contributed by atoms with van der Waals surface area (Å²) < 4.78 is 0. The third-order valence-corrected chi connectivity index (χ3v) is 1.25. The number of rotatable bonds is 3. The molecule has 13 heavy (non-hydrogen) atoms. The van der Waals surface area contributed by atoms with Crippen molar-refractivity contribution in [2.45, 2.75) is 27.4 Å². The van der Waals surface area contributed by atoms with Crippen molar-refractivity contribution in [3.63, 3.8) is 0 Å². The zero-order valence-corrected chi connectivity index (χ0v) is 8.53. The number of benzene rings is 1. The van der Waals surface area contributed by atoms with Crippen LogP contribution in [0.1, 0.15) is 26.3 Å². The molecule has 0 bridgehead atoms. The number of hydrogen-bond donors (Lipinski definition) is 0. The average molecular weight is 179 g/mol. The molecule has 0 saturated heterocycles. The highest BCUT2D eigenvalue weighted by Crippen LogP contribution is 1.99. The summed E-state index contributed by atoms with van der Waals surface area (Å²) in [6.45, 7) is 6.37. The first-order valence-electron chi connectivity index (χ1n) is 4.57. The Morgan fingerprint density at radius 1 is 1.23 bits per heavy atom. The van der Waals surface area contributed by atoms with Crippen LogP contribution >= 0.6 is 0 Å². The van der Waals surface area contributed by atoms with Gasteiger partial charge in [0.2, 0.25) is 0 Å². The fourth-order valence-corrected chi connectivity index (χ4v) is 0.761. The Labute approximate surface area is 80.2 Å². The van der Waals surface area contributed by atoms with Gasteiger partial charge in [-0.25, -0.2) is 0 Å². The summed E-state index contributed by atoms with van der Waals surface area (Å²) >= 11 is 0. The number of hydrogen-bond acceptors (Lipinski definition) is 2. The summed E-state index contributed by atoms with van der Waals surface area (Å²) in [6, 6.07) is 9.95. The van der Waals surface area contributed by atoms with Gasteiger partial charge in [0.25, 0.3) is 0 Å². The molecule has 0 aromatic heterocycles. The molecule has 72 valence electrons. The Hall–Kier alpha value is -1.31. The molecule has 0 unspecified atom stereocenters. The van der Waals surface area contributed by atoms with E-state index in [0.717, 1.165) is 5.56 Å². The molecule has 1 rings (SSSR count). The van der Waals surface area contributed by atoms with Gasteiger partial charge in [0, 0.05) is 6.21 Å². The van der Waals surface area contributed by atoms with Gasteiger partial charge < -0.3 is 4.84 Å². The Morgan fingerprint density at radius 2 is 1.85 bits per heavy atom. The van der Waals surface area contributed by atoms with E-state index in [1.54, 1.807) is 6.21 Å². The highest BCUT2D eigenvalue weighted by Gasteiger charge is 1.87. The lowest BCUT2D eigenvalue weighted by Crippen LogP contribution is -1.84. The van der Waals surface area contributed by atoms with Gasteiger partial charge in [-0.2, -0.15) is 0 Å². The molecule has 0 fully saturated rings. The monoisotopic (exact) mass is 179 g/mol. The summed E-state index contributed by atoms with van der Waals surface area (Å²) in [5, 5.41) is 3.64. The fraction of sp³-hybridized carbons (Fsp3) is 0.364. The van der Waals surface area contributed by atoms with E-state index in [0.29, 0.717) is 6.61 Å². The molecule has 0 radical (unpaired) electrons. The summed E-state index contributed by atoms with van der Waals surface area (Å²) in [6.07, 6.45) is 1.63. The van der Waals surface area contributed by atoms with Crippen LogP contribution in [-0.2, 0) is 11.4 Å². The maximum Gasteiger partial charge on any atom is 0.142 e. The molecule has 0 aliphatic rings. The van der Waals surface area contributed by atoms with Crippen LogP contribution in [-0.4, -0.2) is 6.21 Å². The van der Waals surface area contributed by atoms with Crippen molar-refractivity contribution in [3.05, 3.63) is 35.9 Å². The number of nitrogens with zero attached hydrogens (tertiary/aromatic N) is 1. The molecule has 2 nitrogen and oxygen atoms in total. The highest BCUT2D eigenvalue weighted by atomic mass is 16.6. The molecule has 0 spiro atoms. The third kappa shape index (κ3) is 5.91. The van der Waals surface area contributed by atoms with Crippen molar-refractivity contribution in [2.24, 2.45) is 5.16 Å². The first-order chi connectivity index (χ1) is 6.43. The summed E-state index contributed by atoms with van der Waals surface area (Å²) in [5.41, 5.74) is 1.14. The highest BCUT2D eigenvalue weighted by molar-refractivity contribution is 5.52. The van der Waals surface area contributed by atoms with E-state index in [2.05, 4.69) is 5.16 Å². The minimum atomic E-state index is 0.547. The molecule has 1 aromatic rings. The lowest BCUT2D eigenvalue weighted by Gasteiger charge is -1.97. The van der Waals surface area contributed by atoms with Crippen LogP contribution in [0.25, 0.3) is 0 Å². The van der Waals surface area contributed by atoms with Crippen LogP contribution < -0.4 is 0 Å². The zero-order chi connectivity index (χ0) is 9.94. The third-order valence-electron chi connectivity index (χ3n) is 1.25. The molecule has 0 aliphatic heterocycles. The second kappa shape index (κ2) is 8.78. The molecule has 0 N–H and O–H groups in total. The Kier molecular flexibility index (Phi) is 7.90. The predicted molar refractivity (Wildman–Crippen MR) is 56.7 cm³/mol. The van der Waals surface area contributed by atoms with Crippen LogP contribution in [0.3, 0.4) is 0 Å². The van der Waals surface area contributed by atoms with Crippen LogP contribution in [0.4, 0.5) is 0 Å². The molecule has 0 aliphatic carbocycles. The van der Waals surface area contributed by atoms with Crippen molar-refractivity contribution in [1.29, 1.82) is 0 Å². The zero-order valence-electron chi connectivity index (χ0n) is 8.53. The van der Waals surface area contributed by atoms with E-state index < -0.39 is 0 Å². The van der Waals surface area contributed by atoms with E-state index in [1.807, 2.05) is 51.1 Å². The normalized spacial score (nSPS) is 9.15. The average Bonchev–Trinajstić information content (AvgIpc) is 2.23. The molecule has 2 heteroatoms. The van der Waals surface area contributed by atoms with Gasteiger partial charge in [-0.15, -0.1) is 0 Å². The van der Waals surface area contributed by atoms with E-state index in [4.69, 9.17) is 4.84 Å². The summed E-state index contributed by atoms with van der Waals surface area (Å²) in [7, 11) is 0. The van der Waals surface area contributed by atoms with Gasteiger partial charge >= 0.3 is 0 Å². The molecule has 0 heterocycles. The quantitative estimate of drug-likeness (QED) is 0.515. The minimum Gasteiger partial charge on any atom is -0.391 e. The van der Waals surface area contributed by atoms with E-state index in [9.17, 15) is 0 Å². The second-order valence-electron chi connectivity index (χ2n) is 2.12. The number of oxime groups is 1. The molecule has 0 amide bonds. The van der Waals surface area contributed by atoms with Gasteiger partial charge in [0.15, 0.2) is 0 Å².